The smallest absolute Gasteiger partial charge is 0.210 e. The fourth-order valence-electron chi connectivity index (χ4n) is 3.21. The van der Waals surface area contributed by atoms with Crippen LogP contribution in [0.15, 0.2) is 29.3 Å². The van der Waals surface area contributed by atoms with E-state index in [4.69, 9.17) is 14.6 Å². The molecule has 1 aromatic carbocycles. The third-order valence-corrected chi connectivity index (χ3v) is 5.42. The summed E-state index contributed by atoms with van der Waals surface area (Å²) in [6.45, 7) is 5.39. The average Bonchev–Trinajstić information content (AvgIpc) is 2.68. The first kappa shape index (κ1) is 27.9. The number of halogens is 1. The molecular weight excluding hydrogens is 531 g/mol. The molecule has 1 aromatic rings. The Hall–Kier alpha value is -1.11. The number of aliphatic imine (C=N–C) groups is 1. The first-order valence-electron chi connectivity index (χ1n) is 10.8. The molecule has 31 heavy (non-hydrogen) atoms. The van der Waals surface area contributed by atoms with Crippen LogP contribution in [0, 0.1) is 0 Å². The van der Waals surface area contributed by atoms with Crippen LogP contribution in [-0.4, -0.2) is 52.0 Å². The van der Waals surface area contributed by atoms with Gasteiger partial charge in [0.25, 0.3) is 0 Å². The van der Waals surface area contributed by atoms with Gasteiger partial charge in [-0.05, 0) is 57.4 Å². The van der Waals surface area contributed by atoms with Crippen LogP contribution in [0.5, 0.6) is 5.75 Å². The van der Waals surface area contributed by atoms with E-state index in [-0.39, 0.29) is 42.4 Å². The molecule has 10 heteroatoms. The molecule has 1 saturated carbocycles. The molecule has 0 unspecified atom stereocenters. The van der Waals surface area contributed by atoms with Crippen LogP contribution in [0.1, 0.15) is 52.4 Å². The summed E-state index contributed by atoms with van der Waals surface area (Å²) in [4.78, 5) is 4.54. The molecule has 1 fully saturated rings. The average molecular weight is 569 g/mol. The van der Waals surface area contributed by atoms with Crippen molar-refractivity contribution in [2.24, 2.45) is 10.1 Å². The lowest BCUT2D eigenvalue weighted by Crippen LogP contribution is -2.36. The first-order chi connectivity index (χ1) is 14.3. The van der Waals surface area contributed by atoms with Gasteiger partial charge in [-0.1, -0.05) is 19.3 Å². The van der Waals surface area contributed by atoms with Crippen LogP contribution in [0.25, 0.3) is 0 Å². The minimum atomic E-state index is -3.53. The van der Waals surface area contributed by atoms with Crippen LogP contribution >= 0.6 is 24.0 Å². The zero-order valence-electron chi connectivity index (χ0n) is 18.5. The van der Waals surface area contributed by atoms with Gasteiger partial charge in [0.2, 0.25) is 10.0 Å². The van der Waals surface area contributed by atoms with Gasteiger partial charge in [0.15, 0.2) is 5.96 Å². The van der Waals surface area contributed by atoms with Gasteiger partial charge >= 0.3 is 0 Å². The molecule has 0 aliphatic heterocycles. The highest BCUT2D eigenvalue weighted by Gasteiger charge is 2.13. The van der Waals surface area contributed by atoms with Gasteiger partial charge in [-0.25, -0.2) is 13.6 Å². The Morgan fingerprint density at radius 2 is 1.87 bits per heavy atom. The summed E-state index contributed by atoms with van der Waals surface area (Å²) in [7, 11) is -3.53. The van der Waals surface area contributed by atoms with Gasteiger partial charge in [0.05, 0.1) is 18.0 Å². The van der Waals surface area contributed by atoms with E-state index >= 15 is 0 Å². The molecule has 0 atom stereocenters. The third kappa shape index (κ3) is 13.1. The van der Waals surface area contributed by atoms with Gasteiger partial charge in [-0.15, -0.1) is 24.0 Å². The van der Waals surface area contributed by atoms with Gasteiger partial charge in [-0.3, -0.25) is 4.99 Å². The second kappa shape index (κ2) is 14.9. The van der Waals surface area contributed by atoms with E-state index < -0.39 is 10.0 Å². The zero-order chi connectivity index (χ0) is 21.8. The topological polar surface area (TPSA) is 115 Å². The normalized spacial score (nSPS) is 15.4. The Morgan fingerprint density at radius 3 is 2.48 bits per heavy atom. The lowest BCUT2D eigenvalue weighted by molar-refractivity contribution is 0.0281. The van der Waals surface area contributed by atoms with E-state index in [0.29, 0.717) is 25.2 Å². The molecule has 1 aliphatic rings. The Kier molecular flexibility index (Phi) is 13.4. The number of nitrogens with zero attached hydrogens (tertiary/aromatic N) is 1. The Balaban J connectivity index is 0.00000480. The number of sulfonamides is 1. The van der Waals surface area contributed by atoms with E-state index in [2.05, 4.69) is 15.6 Å². The van der Waals surface area contributed by atoms with E-state index in [1.165, 1.54) is 19.3 Å². The maximum absolute atomic E-state index is 11.2. The van der Waals surface area contributed by atoms with Crippen LogP contribution in [0.2, 0.25) is 0 Å². The summed E-state index contributed by atoms with van der Waals surface area (Å²) in [6.07, 6.45) is 7.44. The minimum absolute atomic E-state index is 0. The van der Waals surface area contributed by atoms with E-state index in [0.717, 1.165) is 30.7 Å². The Bertz CT molecular complexity index is 751. The second-order valence-electron chi connectivity index (χ2n) is 7.82. The summed E-state index contributed by atoms with van der Waals surface area (Å²) in [5.41, 5.74) is 0.825. The maximum Gasteiger partial charge on any atom is 0.210 e. The summed E-state index contributed by atoms with van der Waals surface area (Å²) in [6, 6.07) is 7.53. The van der Waals surface area contributed by atoms with Gasteiger partial charge in [-0.2, -0.15) is 0 Å². The highest BCUT2D eigenvalue weighted by Crippen LogP contribution is 2.20. The first-order valence-corrected chi connectivity index (χ1v) is 12.5. The van der Waals surface area contributed by atoms with Crippen molar-refractivity contribution in [3.05, 3.63) is 24.3 Å². The zero-order valence-corrected chi connectivity index (χ0v) is 21.7. The van der Waals surface area contributed by atoms with Crippen molar-refractivity contribution in [3.63, 3.8) is 0 Å². The third-order valence-electron chi connectivity index (χ3n) is 4.65. The van der Waals surface area contributed by atoms with Gasteiger partial charge in [0.1, 0.15) is 5.75 Å². The highest BCUT2D eigenvalue weighted by molar-refractivity contribution is 14.0. The lowest BCUT2D eigenvalue weighted by Gasteiger charge is -2.21. The molecule has 8 nitrogen and oxygen atoms in total. The van der Waals surface area contributed by atoms with Crippen molar-refractivity contribution in [1.82, 2.24) is 5.32 Å². The van der Waals surface area contributed by atoms with Crippen molar-refractivity contribution in [2.45, 2.75) is 64.6 Å². The number of nitrogens with one attached hydrogen (secondary N) is 2. The molecular formula is C21H37IN4O4S. The summed E-state index contributed by atoms with van der Waals surface area (Å²) >= 11 is 0. The van der Waals surface area contributed by atoms with E-state index in [1.54, 1.807) is 0 Å². The number of anilines is 1. The van der Waals surface area contributed by atoms with Crippen molar-refractivity contribution < 1.29 is 17.9 Å². The molecule has 2 rings (SSSR count). The van der Waals surface area contributed by atoms with Crippen LogP contribution in [0.3, 0.4) is 0 Å². The molecule has 0 saturated heterocycles. The number of guanidine groups is 1. The van der Waals surface area contributed by atoms with Crippen LogP contribution in [0.4, 0.5) is 5.69 Å². The van der Waals surface area contributed by atoms with Gasteiger partial charge in [0, 0.05) is 25.4 Å². The summed E-state index contributed by atoms with van der Waals surface area (Å²) in [5.74, 6) is 1.13. The summed E-state index contributed by atoms with van der Waals surface area (Å²) < 4.78 is 34.0. The van der Waals surface area contributed by atoms with Crippen molar-refractivity contribution in [3.8, 4) is 5.75 Å². The Morgan fingerprint density at radius 1 is 1.19 bits per heavy atom. The number of ether oxygens (including phenoxy) is 2. The molecule has 1 aliphatic carbocycles. The SMILES string of the molecule is CC(C)Oc1ccc(NC(=NCCCOC2CCCCC2)NCCS(N)(=O)=O)cc1.I. The van der Waals surface area contributed by atoms with Crippen LogP contribution in [-0.2, 0) is 14.8 Å². The molecule has 4 N–H and O–H groups in total. The van der Waals surface area contributed by atoms with Crippen molar-refractivity contribution in [2.75, 3.05) is 30.8 Å². The predicted molar refractivity (Wildman–Crippen MR) is 137 cm³/mol. The monoisotopic (exact) mass is 568 g/mol. The van der Waals surface area contributed by atoms with Crippen molar-refractivity contribution >= 4 is 45.6 Å². The molecule has 0 aromatic heterocycles. The molecule has 178 valence electrons. The van der Waals surface area contributed by atoms with E-state index in [1.807, 2.05) is 38.1 Å². The number of hydrogen-bond donors (Lipinski definition) is 3. The lowest BCUT2D eigenvalue weighted by atomic mass is 9.98. The molecule has 0 amide bonds. The summed E-state index contributed by atoms with van der Waals surface area (Å²) in [5, 5.41) is 11.3. The Labute approximate surface area is 203 Å². The largest absolute Gasteiger partial charge is 0.491 e. The van der Waals surface area contributed by atoms with Crippen molar-refractivity contribution in [1.29, 1.82) is 0 Å². The number of benzene rings is 1. The quantitative estimate of drug-likeness (QED) is 0.163. The number of nitrogens with two attached hydrogens (primary N) is 1. The fourth-order valence-corrected chi connectivity index (χ4v) is 3.60. The minimum Gasteiger partial charge on any atom is -0.491 e. The number of hydrogen-bond acceptors (Lipinski definition) is 5. The van der Waals surface area contributed by atoms with E-state index in [9.17, 15) is 8.42 Å². The van der Waals surface area contributed by atoms with Crippen LogP contribution < -0.4 is 20.5 Å². The number of primary sulfonamides is 1. The predicted octanol–water partition coefficient (Wildman–Crippen LogP) is 3.48. The molecule has 0 heterocycles. The number of rotatable bonds is 11. The fraction of sp³-hybridized carbons (Fsp3) is 0.667. The molecule has 0 spiro atoms. The van der Waals surface area contributed by atoms with Gasteiger partial charge < -0.3 is 20.1 Å². The second-order valence-corrected chi connectivity index (χ2v) is 9.56. The maximum atomic E-state index is 11.2. The highest BCUT2D eigenvalue weighted by atomic mass is 127. The molecule has 0 bridgehead atoms. The standard InChI is InChI=1S/C21H36N4O4S.HI/c1-17(2)29-20-11-9-18(10-12-20)25-21(24-14-16-30(22,26)27)23-13-6-15-28-19-7-4-3-5-8-19;/h9-12,17,19H,3-8,13-16H2,1-2H3,(H2,22,26,27)(H2,23,24,25);1H. The molecule has 0 radical (unpaired) electrons.